The maximum absolute atomic E-state index is 14.6. The average Bonchev–Trinajstić information content (AvgIpc) is 2.98. The van der Waals surface area contributed by atoms with Crippen molar-refractivity contribution in [2.75, 3.05) is 43.1 Å². The molecule has 0 spiro atoms. The Labute approximate surface area is 227 Å². The van der Waals surface area contributed by atoms with Crippen LogP contribution in [0.4, 0.5) is 20.6 Å². The summed E-state index contributed by atoms with van der Waals surface area (Å²) < 4.78 is 20.0. The Balaban J connectivity index is 1.36. The number of carbonyl (C=O) groups excluding carboxylic acids is 1. The summed E-state index contributed by atoms with van der Waals surface area (Å²) in [6, 6.07) is 17.9. The Morgan fingerprint density at radius 2 is 1.82 bits per heavy atom. The predicted molar refractivity (Wildman–Crippen MR) is 150 cm³/mol. The number of pyridine rings is 2. The molecule has 0 bridgehead atoms. The average molecular weight is 522 g/mol. The Morgan fingerprint density at radius 3 is 2.62 bits per heavy atom. The van der Waals surface area contributed by atoms with Crippen molar-refractivity contribution in [2.24, 2.45) is 0 Å². The summed E-state index contributed by atoms with van der Waals surface area (Å²) in [7, 11) is 0. The van der Waals surface area contributed by atoms with Crippen LogP contribution in [0.5, 0.6) is 0 Å². The van der Waals surface area contributed by atoms with Gasteiger partial charge in [-0.1, -0.05) is 24.0 Å². The Morgan fingerprint density at radius 1 is 0.974 bits per heavy atom. The third-order valence-electron chi connectivity index (χ3n) is 6.33. The molecule has 0 radical (unpaired) electrons. The fraction of sp³-hybridized carbons (Fsp3) is 0.194. The molecule has 2 aromatic heterocycles. The molecule has 1 aliphatic heterocycles. The number of hydrogen-bond donors (Lipinski definition) is 2. The molecule has 7 nitrogen and oxygen atoms in total. The lowest BCUT2D eigenvalue weighted by Gasteiger charge is -2.29. The number of halogens is 1. The Kier molecular flexibility index (Phi) is 8.41. The number of hydrogen-bond acceptors (Lipinski definition) is 5. The number of urea groups is 1. The summed E-state index contributed by atoms with van der Waals surface area (Å²) in [5, 5.41) is 5.77. The van der Waals surface area contributed by atoms with Crippen molar-refractivity contribution in [3.8, 4) is 23.0 Å². The standard InChI is InChI=1S/C31H28FN5O2/c32-29-8-4-23(20-30(29)37-16-18-39-19-17-37)3-5-26-21-27(6-7-28(26)25-10-13-33-14-11-25)36-31(38)35-15-9-24-2-1-12-34-22-24/h1-2,4,6-8,10-14,20-22H,9,15-19H2,(H2,35,36,38). The molecule has 0 saturated carbocycles. The van der Waals surface area contributed by atoms with Gasteiger partial charge in [-0.3, -0.25) is 9.97 Å². The topological polar surface area (TPSA) is 79.4 Å². The monoisotopic (exact) mass is 521 g/mol. The van der Waals surface area contributed by atoms with E-state index in [2.05, 4.69) is 32.4 Å². The molecule has 8 heteroatoms. The van der Waals surface area contributed by atoms with E-state index in [9.17, 15) is 9.18 Å². The number of nitrogens with one attached hydrogen (secondary N) is 2. The number of rotatable bonds is 6. The number of carbonyl (C=O) groups is 1. The molecule has 4 aromatic rings. The highest BCUT2D eigenvalue weighted by atomic mass is 19.1. The highest BCUT2D eigenvalue weighted by Crippen LogP contribution is 2.26. The van der Waals surface area contributed by atoms with Crippen molar-refractivity contribution >= 4 is 17.4 Å². The van der Waals surface area contributed by atoms with E-state index >= 15 is 0 Å². The number of aromatic nitrogens is 2. The lowest BCUT2D eigenvalue weighted by atomic mass is 9.99. The van der Waals surface area contributed by atoms with Crippen LogP contribution >= 0.6 is 0 Å². The van der Waals surface area contributed by atoms with Gasteiger partial charge >= 0.3 is 6.03 Å². The van der Waals surface area contributed by atoms with E-state index in [-0.39, 0.29) is 11.8 Å². The van der Waals surface area contributed by atoms with Gasteiger partial charge in [-0.25, -0.2) is 9.18 Å². The van der Waals surface area contributed by atoms with Gasteiger partial charge in [0.25, 0.3) is 0 Å². The number of benzene rings is 2. The summed E-state index contributed by atoms with van der Waals surface area (Å²) in [4.78, 5) is 22.7. The minimum atomic E-state index is -0.303. The van der Waals surface area contributed by atoms with Gasteiger partial charge in [0.05, 0.1) is 18.9 Å². The van der Waals surface area contributed by atoms with Gasteiger partial charge in [0, 0.05) is 61.2 Å². The molecular formula is C31H28FN5O2. The smallest absolute Gasteiger partial charge is 0.319 e. The maximum atomic E-state index is 14.6. The largest absolute Gasteiger partial charge is 0.378 e. The van der Waals surface area contributed by atoms with Crippen molar-refractivity contribution in [3.63, 3.8) is 0 Å². The van der Waals surface area contributed by atoms with Gasteiger partial charge in [0.1, 0.15) is 5.82 Å². The third-order valence-corrected chi connectivity index (χ3v) is 6.33. The van der Waals surface area contributed by atoms with Crippen LogP contribution in [0, 0.1) is 17.7 Å². The van der Waals surface area contributed by atoms with Crippen molar-refractivity contribution in [1.82, 2.24) is 15.3 Å². The zero-order chi connectivity index (χ0) is 26.9. The molecule has 0 atom stereocenters. The van der Waals surface area contributed by atoms with Crippen LogP contribution in [0.2, 0.25) is 0 Å². The summed E-state index contributed by atoms with van der Waals surface area (Å²) >= 11 is 0. The molecule has 196 valence electrons. The van der Waals surface area contributed by atoms with E-state index < -0.39 is 0 Å². The van der Waals surface area contributed by atoms with Crippen LogP contribution in [0.3, 0.4) is 0 Å². The quantitative estimate of drug-likeness (QED) is 0.354. The normalized spacial score (nSPS) is 12.8. The van der Waals surface area contributed by atoms with Crippen LogP contribution in [-0.2, 0) is 11.2 Å². The van der Waals surface area contributed by atoms with Gasteiger partial charge in [0.2, 0.25) is 0 Å². The second-order valence-electron chi connectivity index (χ2n) is 9.00. The number of nitrogens with zero attached hydrogens (tertiary/aromatic N) is 3. The van der Waals surface area contributed by atoms with Gasteiger partial charge in [-0.15, -0.1) is 0 Å². The Bertz CT molecular complexity index is 1480. The molecule has 0 unspecified atom stereocenters. The molecule has 0 aliphatic carbocycles. The second kappa shape index (κ2) is 12.7. The van der Waals surface area contributed by atoms with E-state index in [0.29, 0.717) is 56.2 Å². The SMILES string of the molecule is O=C(NCCc1cccnc1)Nc1ccc(-c2ccncc2)c(C#Cc2ccc(F)c(N3CCOCC3)c2)c1. The summed E-state index contributed by atoms with van der Waals surface area (Å²) in [6.45, 7) is 2.90. The van der Waals surface area contributed by atoms with E-state index in [1.54, 1.807) is 36.9 Å². The first kappa shape index (κ1) is 25.9. The highest BCUT2D eigenvalue weighted by Gasteiger charge is 2.15. The fourth-order valence-electron chi connectivity index (χ4n) is 4.33. The molecule has 1 saturated heterocycles. The van der Waals surface area contributed by atoms with Crippen molar-refractivity contribution in [2.45, 2.75) is 6.42 Å². The molecule has 2 N–H and O–H groups in total. The van der Waals surface area contributed by atoms with Crippen LogP contribution in [-0.4, -0.2) is 48.8 Å². The van der Waals surface area contributed by atoms with Gasteiger partial charge in [-0.2, -0.15) is 0 Å². The minimum Gasteiger partial charge on any atom is -0.378 e. The third kappa shape index (κ3) is 6.98. The molecule has 1 fully saturated rings. The van der Waals surface area contributed by atoms with E-state index in [0.717, 1.165) is 22.3 Å². The highest BCUT2D eigenvalue weighted by molar-refractivity contribution is 5.90. The molecule has 2 aromatic carbocycles. The van der Waals surface area contributed by atoms with E-state index in [1.165, 1.54) is 6.07 Å². The van der Waals surface area contributed by atoms with Gasteiger partial charge < -0.3 is 20.3 Å². The first-order valence-electron chi connectivity index (χ1n) is 12.8. The first-order valence-corrected chi connectivity index (χ1v) is 12.8. The van der Waals surface area contributed by atoms with Crippen molar-refractivity contribution < 1.29 is 13.9 Å². The molecular weight excluding hydrogens is 493 g/mol. The number of amides is 2. The maximum Gasteiger partial charge on any atom is 0.319 e. The second-order valence-corrected chi connectivity index (χ2v) is 9.00. The van der Waals surface area contributed by atoms with Crippen LogP contribution in [0.25, 0.3) is 11.1 Å². The van der Waals surface area contributed by atoms with E-state index in [4.69, 9.17) is 4.74 Å². The minimum absolute atomic E-state index is 0.277. The molecule has 3 heterocycles. The summed E-state index contributed by atoms with van der Waals surface area (Å²) in [5.41, 5.74) is 5.48. The predicted octanol–water partition coefficient (Wildman–Crippen LogP) is 4.88. The zero-order valence-corrected chi connectivity index (χ0v) is 21.4. The van der Waals surface area contributed by atoms with Crippen LogP contribution in [0.15, 0.2) is 85.5 Å². The van der Waals surface area contributed by atoms with Crippen molar-refractivity contribution in [1.29, 1.82) is 0 Å². The molecule has 5 rings (SSSR count). The lowest BCUT2D eigenvalue weighted by Crippen LogP contribution is -2.36. The summed E-state index contributed by atoms with van der Waals surface area (Å²) in [5.74, 6) is 6.15. The Hall–Kier alpha value is -4.74. The van der Waals surface area contributed by atoms with Crippen LogP contribution in [0.1, 0.15) is 16.7 Å². The molecule has 39 heavy (non-hydrogen) atoms. The van der Waals surface area contributed by atoms with E-state index in [1.807, 2.05) is 47.4 Å². The van der Waals surface area contributed by atoms with Gasteiger partial charge in [0.15, 0.2) is 0 Å². The van der Waals surface area contributed by atoms with Crippen LogP contribution < -0.4 is 15.5 Å². The van der Waals surface area contributed by atoms with Crippen molar-refractivity contribution in [3.05, 3.63) is 108 Å². The lowest BCUT2D eigenvalue weighted by molar-refractivity contribution is 0.122. The number of morpholine rings is 1. The zero-order valence-electron chi connectivity index (χ0n) is 21.4. The molecule has 2 amide bonds. The number of ether oxygens (including phenoxy) is 1. The first-order chi connectivity index (χ1) is 19.2. The fourth-order valence-corrected chi connectivity index (χ4v) is 4.33. The molecule has 1 aliphatic rings. The number of anilines is 2. The van der Waals surface area contributed by atoms with Gasteiger partial charge in [-0.05, 0) is 71.6 Å². The summed E-state index contributed by atoms with van der Waals surface area (Å²) in [6.07, 6.45) is 7.64.